The van der Waals surface area contributed by atoms with E-state index < -0.39 is 6.04 Å². The van der Waals surface area contributed by atoms with Crippen molar-refractivity contribution < 1.29 is 4.79 Å². The Kier molecular flexibility index (Phi) is 4.64. The number of rotatable bonds is 5. The standard InChI is InChI=1S/C11H17N3OS/c1-4-5-10(12)11(15)14(3)7-9-6-13-8(2)16-9/h4,6,10H,1,5,7,12H2,2-3H3. The summed E-state index contributed by atoms with van der Waals surface area (Å²) in [5.41, 5.74) is 5.71. The van der Waals surface area contributed by atoms with E-state index in [-0.39, 0.29) is 5.91 Å². The Morgan fingerprint density at radius 3 is 3.00 bits per heavy atom. The van der Waals surface area contributed by atoms with Crippen LogP contribution >= 0.6 is 11.3 Å². The molecule has 0 aliphatic heterocycles. The van der Waals surface area contributed by atoms with Crippen LogP contribution in [0.4, 0.5) is 0 Å². The molecule has 88 valence electrons. The second-order valence-electron chi connectivity index (χ2n) is 3.67. The summed E-state index contributed by atoms with van der Waals surface area (Å²) < 4.78 is 0. The third-order valence-electron chi connectivity index (χ3n) is 2.18. The summed E-state index contributed by atoms with van der Waals surface area (Å²) in [4.78, 5) is 18.6. The lowest BCUT2D eigenvalue weighted by atomic mass is 10.2. The van der Waals surface area contributed by atoms with Crippen LogP contribution in [0.2, 0.25) is 0 Å². The summed E-state index contributed by atoms with van der Waals surface area (Å²) in [7, 11) is 1.75. The average molecular weight is 239 g/mol. The maximum Gasteiger partial charge on any atom is 0.239 e. The van der Waals surface area contributed by atoms with E-state index in [0.29, 0.717) is 13.0 Å². The third-order valence-corrected chi connectivity index (χ3v) is 3.07. The van der Waals surface area contributed by atoms with E-state index in [2.05, 4.69) is 11.6 Å². The zero-order valence-electron chi connectivity index (χ0n) is 9.64. The van der Waals surface area contributed by atoms with Crippen molar-refractivity contribution in [3.63, 3.8) is 0 Å². The maximum atomic E-state index is 11.8. The van der Waals surface area contributed by atoms with E-state index in [4.69, 9.17) is 5.73 Å². The maximum absolute atomic E-state index is 11.8. The molecule has 4 nitrogen and oxygen atoms in total. The number of nitrogens with two attached hydrogens (primary N) is 1. The van der Waals surface area contributed by atoms with E-state index in [1.165, 1.54) is 0 Å². The molecule has 0 aromatic carbocycles. The number of carbonyl (C=O) groups is 1. The van der Waals surface area contributed by atoms with Crippen molar-refractivity contribution in [2.75, 3.05) is 7.05 Å². The van der Waals surface area contributed by atoms with Gasteiger partial charge < -0.3 is 10.6 Å². The minimum absolute atomic E-state index is 0.0639. The van der Waals surface area contributed by atoms with Crippen molar-refractivity contribution in [1.82, 2.24) is 9.88 Å². The average Bonchev–Trinajstić information content (AvgIpc) is 2.63. The minimum Gasteiger partial charge on any atom is -0.339 e. The van der Waals surface area contributed by atoms with Gasteiger partial charge in [0.1, 0.15) is 0 Å². The van der Waals surface area contributed by atoms with Crippen molar-refractivity contribution in [3.05, 3.63) is 28.7 Å². The van der Waals surface area contributed by atoms with Crippen LogP contribution < -0.4 is 5.73 Å². The van der Waals surface area contributed by atoms with E-state index in [9.17, 15) is 4.79 Å². The van der Waals surface area contributed by atoms with Crippen molar-refractivity contribution in [3.8, 4) is 0 Å². The fourth-order valence-corrected chi connectivity index (χ4v) is 2.20. The molecule has 1 aromatic heterocycles. The highest BCUT2D eigenvalue weighted by molar-refractivity contribution is 7.11. The van der Waals surface area contributed by atoms with E-state index in [0.717, 1.165) is 9.88 Å². The predicted octanol–water partition coefficient (Wildman–Crippen LogP) is 1.31. The zero-order chi connectivity index (χ0) is 12.1. The SMILES string of the molecule is C=CCC(N)C(=O)N(C)Cc1cnc(C)s1. The second kappa shape index (κ2) is 5.77. The van der Waals surface area contributed by atoms with Gasteiger partial charge in [0, 0.05) is 18.1 Å². The van der Waals surface area contributed by atoms with Gasteiger partial charge in [0.2, 0.25) is 5.91 Å². The molecule has 0 radical (unpaired) electrons. The molecule has 0 saturated carbocycles. The zero-order valence-corrected chi connectivity index (χ0v) is 10.5. The largest absolute Gasteiger partial charge is 0.339 e. The van der Waals surface area contributed by atoms with Gasteiger partial charge in [-0.2, -0.15) is 0 Å². The monoisotopic (exact) mass is 239 g/mol. The molecule has 1 atom stereocenters. The fraction of sp³-hybridized carbons (Fsp3) is 0.455. The number of nitrogens with zero attached hydrogens (tertiary/aromatic N) is 2. The van der Waals surface area contributed by atoms with Crippen LogP contribution in [0.3, 0.4) is 0 Å². The Morgan fingerprint density at radius 1 is 1.81 bits per heavy atom. The van der Waals surface area contributed by atoms with Crippen molar-refractivity contribution in [1.29, 1.82) is 0 Å². The highest BCUT2D eigenvalue weighted by Crippen LogP contribution is 2.13. The summed E-state index contributed by atoms with van der Waals surface area (Å²) in [6.07, 6.45) is 3.96. The number of aromatic nitrogens is 1. The van der Waals surface area contributed by atoms with Crippen molar-refractivity contribution in [2.45, 2.75) is 25.9 Å². The topological polar surface area (TPSA) is 59.2 Å². The molecule has 0 aliphatic carbocycles. The Bertz CT molecular complexity index is 375. The summed E-state index contributed by atoms with van der Waals surface area (Å²) in [5.74, 6) is -0.0639. The Balaban J connectivity index is 2.54. The van der Waals surface area contributed by atoms with Crippen LogP contribution in [0.15, 0.2) is 18.9 Å². The van der Waals surface area contributed by atoms with Crippen LogP contribution in [0.25, 0.3) is 0 Å². The van der Waals surface area contributed by atoms with Gasteiger partial charge in [-0.05, 0) is 13.3 Å². The van der Waals surface area contributed by atoms with Gasteiger partial charge in [-0.25, -0.2) is 4.98 Å². The quantitative estimate of drug-likeness (QED) is 0.788. The van der Waals surface area contributed by atoms with Gasteiger partial charge >= 0.3 is 0 Å². The van der Waals surface area contributed by atoms with Gasteiger partial charge in [0.05, 0.1) is 17.6 Å². The fourth-order valence-electron chi connectivity index (χ4n) is 1.35. The number of amides is 1. The number of aryl methyl sites for hydroxylation is 1. The Morgan fingerprint density at radius 2 is 2.50 bits per heavy atom. The molecule has 2 N–H and O–H groups in total. The molecule has 1 heterocycles. The Hall–Kier alpha value is -1.20. The van der Waals surface area contributed by atoms with Crippen LogP contribution in [-0.2, 0) is 11.3 Å². The van der Waals surface area contributed by atoms with Crippen LogP contribution in [-0.4, -0.2) is 28.9 Å². The molecule has 1 aromatic rings. The molecular weight excluding hydrogens is 222 g/mol. The first kappa shape index (κ1) is 12.9. The first-order valence-electron chi connectivity index (χ1n) is 5.07. The molecule has 0 saturated heterocycles. The first-order valence-corrected chi connectivity index (χ1v) is 5.89. The number of thiazole rings is 1. The summed E-state index contributed by atoms with van der Waals surface area (Å²) in [5, 5.41) is 1.01. The summed E-state index contributed by atoms with van der Waals surface area (Å²) in [6, 6.07) is -0.489. The predicted molar refractivity (Wildman–Crippen MR) is 66.1 cm³/mol. The number of carbonyl (C=O) groups excluding carboxylic acids is 1. The molecule has 1 rings (SSSR count). The lowest BCUT2D eigenvalue weighted by Crippen LogP contribution is -2.40. The molecule has 16 heavy (non-hydrogen) atoms. The number of hydrogen-bond acceptors (Lipinski definition) is 4. The number of hydrogen-bond donors (Lipinski definition) is 1. The smallest absolute Gasteiger partial charge is 0.239 e. The van der Waals surface area contributed by atoms with Gasteiger partial charge in [-0.3, -0.25) is 4.79 Å². The number of likely N-dealkylation sites (N-methyl/N-ethyl adjacent to an activating group) is 1. The van der Waals surface area contributed by atoms with Gasteiger partial charge in [0.15, 0.2) is 0 Å². The molecule has 0 fully saturated rings. The third kappa shape index (κ3) is 3.43. The van der Waals surface area contributed by atoms with Crippen molar-refractivity contribution in [2.24, 2.45) is 5.73 Å². The molecule has 0 aliphatic rings. The minimum atomic E-state index is -0.489. The summed E-state index contributed by atoms with van der Waals surface area (Å²) in [6.45, 7) is 6.08. The Labute approximate surface area is 99.8 Å². The normalized spacial score (nSPS) is 12.2. The van der Waals surface area contributed by atoms with Crippen LogP contribution in [0, 0.1) is 6.92 Å². The highest BCUT2D eigenvalue weighted by atomic mass is 32.1. The molecule has 0 spiro atoms. The first-order chi connectivity index (χ1) is 7.54. The molecule has 0 bridgehead atoms. The molecule has 5 heteroatoms. The lowest BCUT2D eigenvalue weighted by Gasteiger charge is -2.19. The second-order valence-corrected chi connectivity index (χ2v) is 4.99. The summed E-state index contributed by atoms with van der Waals surface area (Å²) >= 11 is 1.59. The molecular formula is C11H17N3OS. The lowest BCUT2D eigenvalue weighted by molar-refractivity contribution is -0.131. The van der Waals surface area contributed by atoms with Crippen LogP contribution in [0.1, 0.15) is 16.3 Å². The highest BCUT2D eigenvalue weighted by Gasteiger charge is 2.17. The molecule has 1 amide bonds. The molecule has 1 unspecified atom stereocenters. The van der Waals surface area contributed by atoms with E-state index >= 15 is 0 Å². The van der Waals surface area contributed by atoms with Gasteiger partial charge in [-0.1, -0.05) is 6.08 Å². The van der Waals surface area contributed by atoms with E-state index in [1.54, 1.807) is 35.6 Å². The van der Waals surface area contributed by atoms with Crippen LogP contribution in [0.5, 0.6) is 0 Å². The van der Waals surface area contributed by atoms with E-state index in [1.807, 2.05) is 6.92 Å². The van der Waals surface area contributed by atoms with Crippen molar-refractivity contribution >= 4 is 17.2 Å². The van der Waals surface area contributed by atoms with Gasteiger partial charge in [0.25, 0.3) is 0 Å². The van der Waals surface area contributed by atoms with Gasteiger partial charge in [-0.15, -0.1) is 17.9 Å².